The molecule has 1 rings (SSSR count). The zero-order valence-electron chi connectivity index (χ0n) is 8.93. The number of carbonyl (C=O) groups is 2. The van der Waals surface area contributed by atoms with Crippen molar-refractivity contribution >= 4 is 11.9 Å². The van der Waals surface area contributed by atoms with Crippen molar-refractivity contribution < 1.29 is 19.8 Å². The molecular weight excluding hydrogens is 222 g/mol. The first kappa shape index (κ1) is 12.7. The third kappa shape index (κ3) is 3.33. The molecule has 1 aromatic rings. The third-order valence-electron chi connectivity index (χ3n) is 1.99. The van der Waals surface area contributed by atoms with Gasteiger partial charge in [0.05, 0.1) is 11.1 Å². The largest absolute Gasteiger partial charge is 0.478 e. The van der Waals surface area contributed by atoms with Crippen LogP contribution in [0.15, 0.2) is 18.2 Å². The Morgan fingerprint density at radius 3 is 2.47 bits per heavy atom. The van der Waals surface area contributed by atoms with Crippen molar-refractivity contribution in [2.45, 2.75) is 6.42 Å². The molecule has 1 aromatic carbocycles. The van der Waals surface area contributed by atoms with Gasteiger partial charge in [-0.3, -0.25) is 0 Å². The van der Waals surface area contributed by atoms with Crippen LogP contribution in [0.2, 0.25) is 0 Å². The van der Waals surface area contributed by atoms with Gasteiger partial charge in [0.1, 0.15) is 0 Å². The predicted octanol–water partition coefficient (Wildman–Crippen LogP) is 0.783. The maximum Gasteiger partial charge on any atom is 0.336 e. The minimum Gasteiger partial charge on any atom is -0.478 e. The topological polar surface area (TPSA) is 101 Å². The Balaban J connectivity index is 3.22. The van der Waals surface area contributed by atoms with Gasteiger partial charge in [0, 0.05) is 18.5 Å². The van der Waals surface area contributed by atoms with Crippen molar-refractivity contribution in [2.75, 3.05) is 6.54 Å². The smallest absolute Gasteiger partial charge is 0.336 e. The molecule has 5 nitrogen and oxygen atoms in total. The first-order valence-corrected chi connectivity index (χ1v) is 4.86. The van der Waals surface area contributed by atoms with E-state index in [2.05, 4.69) is 11.8 Å². The van der Waals surface area contributed by atoms with Crippen LogP contribution >= 0.6 is 0 Å². The summed E-state index contributed by atoms with van der Waals surface area (Å²) in [6.45, 7) is 0.369. The molecule has 5 heteroatoms. The maximum absolute atomic E-state index is 10.9. The van der Waals surface area contributed by atoms with Gasteiger partial charge in [-0.15, -0.1) is 0 Å². The number of rotatable bonds is 3. The van der Waals surface area contributed by atoms with Crippen LogP contribution in [0.5, 0.6) is 0 Å². The number of carboxylic acid groups (broad SMARTS) is 2. The van der Waals surface area contributed by atoms with E-state index in [0.717, 1.165) is 0 Å². The summed E-state index contributed by atoms with van der Waals surface area (Å²) < 4.78 is 0. The molecule has 0 aliphatic heterocycles. The molecule has 0 saturated carbocycles. The van der Waals surface area contributed by atoms with Crippen LogP contribution < -0.4 is 5.73 Å². The first-order chi connectivity index (χ1) is 8.06. The Morgan fingerprint density at radius 2 is 1.94 bits per heavy atom. The molecule has 0 heterocycles. The van der Waals surface area contributed by atoms with E-state index in [9.17, 15) is 9.59 Å². The Bertz CT molecular complexity index is 511. The number of hydrogen-bond donors (Lipinski definition) is 3. The van der Waals surface area contributed by atoms with Gasteiger partial charge in [0.25, 0.3) is 0 Å². The molecular formula is C12H11NO4. The molecule has 4 N–H and O–H groups in total. The average Bonchev–Trinajstić information content (AvgIpc) is 2.28. The van der Waals surface area contributed by atoms with Gasteiger partial charge in [0.2, 0.25) is 0 Å². The second-order valence-corrected chi connectivity index (χ2v) is 3.21. The van der Waals surface area contributed by atoms with Crippen LogP contribution in [0.1, 0.15) is 32.7 Å². The van der Waals surface area contributed by atoms with Crippen molar-refractivity contribution in [2.24, 2.45) is 5.73 Å². The minimum atomic E-state index is -1.14. The highest BCUT2D eigenvalue weighted by atomic mass is 16.4. The summed E-state index contributed by atoms with van der Waals surface area (Å²) in [4.78, 5) is 21.6. The SMILES string of the molecule is NCCC#Cc1cc(C(=O)O)ccc1C(=O)O. The number of hydrogen-bond acceptors (Lipinski definition) is 3. The number of nitrogens with two attached hydrogens (primary N) is 1. The normalized spacial score (nSPS) is 9.24. The first-order valence-electron chi connectivity index (χ1n) is 4.86. The lowest BCUT2D eigenvalue weighted by Gasteiger charge is -2.00. The Morgan fingerprint density at radius 1 is 1.24 bits per heavy atom. The average molecular weight is 233 g/mol. The summed E-state index contributed by atoms with van der Waals surface area (Å²) in [5, 5.41) is 17.7. The van der Waals surface area contributed by atoms with Crippen molar-refractivity contribution in [1.82, 2.24) is 0 Å². The van der Waals surface area contributed by atoms with Gasteiger partial charge >= 0.3 is 11.9 Å². The summed E-state index contributed by atoms with van der Waals surface area (Å²) in [6.07, 6.45) is 0.427. The maximum atomic E-state index is 10.9. The van der Waals surface area contributed by atoms with Gasteiger partial charge in [-0.05, 0) is 18.2 Å². The van der Waals surface area contributed by atoms with E-state index in [-0.39, 0.29) is 16.7 Å². The van der Waals surface area contributed by atoms with Gasteiger partial charge < -0.3 is 15.9 Å². The van der Waals surface area contributed by atoms with E-state index in [4.69, 9.17) is 15.9 Å². The van der Waals surface area contributed by atoms with Crippen LogP contribution in [-0.4, -0.2) is 28.7 Å². The molecule has 0 saturated heterocycles. The Labute approximate surface area is 97.9 Å². The summed E-state index contributed by atoms with van der Waals surface area (Å²) in [7, 11) is 0. The lowest BCUT2D eigenvalue weighted by Crippen LogP contribution is -2.04. The van der Waals surface area contributed by atoms with E-state index in [0.29, 0.717) is 13.0 Å². The molecule has 88 valence electrons. The second-order valence-electron chi connectivity index (χ2n) is 3.21. The molecule has 0 aromatic heterocycles. The molecule has 17 heavy (non-hydrogen) atoms. The third-order valence-corrected chi connectivity index (χ3v) is 1.99. The van der Waals surface area contributed by atoms with Crippen molar-refractivity contribution in [3.05, 3.63) is 34.9 Å². The molecule has 0 aliphatic carbocycles. The number of aromatic carboxylic acids is 2. The highest BCUT2D eigenvalue weighted by Crippen LogP contribution is 2.11. The van der Waals surface area contributed by atoms with Crippen LogP contribution in [0.3, 0.4) is 0 Å². The molecule has 0 aliphatic rings. The molecule has 0 amide bonds. The summed E-state index contributed by atoms with van der Waals surface area (Å²) in [6, 6.07) is 3.72. The lowest BCUT2D eigenvalue weighted by molar-refractivity contribution is 0.0681. The second kappa shape index (κ2) is 5.68. The number of carboxylic acids is 2. The van der Waals surface area contributed by atoms with Gasteiger partial charge in [-0.1, -0.05) is 11.8 Å². The van der Waals surface area contributed by atoms with E-state index in [1.165, 1.54) is 18.2 Å². The van der Waals surface area contributed by atoms with Crippen LogP contribution in [0, 0.1) is 11.8 Å². The van der Waals surface area contributed by atoms with Crippen molar-refractivity contribution in [3.63, 3.8) is 0 Å². The lowest BCUT2D eigenvalue weighted by atomic mass is 10.0. The number of benzene rings is 1. The fraction of sp³-hybridized carbons (Fsp3) is 0.167. The Kier molecular flexibility index (Phi) is 4.26. The van der Waals surface area contributed by atoms with Crippen molar-refractivity contribution in [1.29, 1.82) is 0 Å². The summed E-state index contributed by atoms with van der Waals surface area (Å²) in [5.41, 5.74) is 5.43. The monoisotopic (exact) mass is 233 g/mol. The predicted molar refractivity (Wildman–Crippen MR) is 60.9 cm³/mol. The highest BCUT2D eigenvalue weighted by molar-refractivity contribution is 5.94. The van der Waals surface area contributed by atoms with Crippen LogP contribution in [-0.2, 0) is 0 Å². The van der Waals surface area contributed by atoms with E-state index < -0.39 is 11.9 Å². The molecule has 0 atom stereocenters. The molecule has 0 radical (unpaired) electrons. The fourth-order valence-corrected chi connectivity index (χ4v) is 1.20. The van der Waals surface area contributed by atoms with Crippen molar-refractivity contribution in [3.8, 4) is 11.8 Å². The van der Waals surface area contributed by atoms with Crippen LogP contribution in [0.25, 0.3) is 0 Å². The zero-order chi connectivity index (χ0) is 12.8. The van der Waals surface area contributed by atoms with Gasteiger partial charge in [0.15, 0.2) is 0 Å². The fourth-order valence-electron chi connectivity index (χ4n) is 1.20. The molecule has 0 spiro atoms. The summed E-state index contributed by atoms with van der Waals surface area (Å²) >= 11 is 0. The molecule has 0 bridgehead atoms. The van der Waals surface area contributed by atoms with Gasteiger partial charge in [-0.25, -0.2) is 9.59 Å². The van der Waals surface area contributed by atoms with E-state index in [1.54, 1.807) is 0 Å². The van der Waals surface area contributed by atoms with E-state index >= 15 is 0 Å². The standard InChI is InChI=1S/C12H11NO4/c13-6-2-1-3-8-7-9(11(14)15)4-5-10(8)12(16)17/h4-5,7H,2,6,13H2,(H,14,15)(H,16,17). The zero-order valence-corrected chi connectivity index (χ0v) is 8.93. The Hall–Kier alpha value is -2.32. The molecule has 0 unspecified atom stereocenters. The van der Waals surface area contributed by atoms with E-state index in [1.807, 2.05) is 0 Å². The minimum absolute atomic E-state index is 0.00653. The summed E-state index contributed by atoms with van der Waals surface area (Å²) in [5.74, 6) is 3.04. The van der Waals surface area contributed by atoms with Crippen LogP contribution in [0.4, 0.5) is 0 Å². The quantitative estimate of drug-likeness (QED) is 0.670. The molecule has 0 fully saturated rings. The van der Waals surface area contributed by atoms with Gasteiger partial charge in [-0.2, -0.15) is 0 Å². The highest BCUT2D eigenvalue weighted by Gasteiger charge is 2.11.